The Morgan fingerprint density at radius 2 is 1.73 bits per heavy atom. The van der Waals surface area contributed by atoms with Gasteiger partial charge in [-0.25, -0.2) is 8.42 Å². The number of benzene rings is 3. The summed E-state index contributed by atoms with van der Waals surface area (Å²) in [6.45, 7) is 2.36. The number of sulfonamides is 1. The number of nitrogens with zero attached hydrogens (tertiary/aromatic N) is 2. The smallest absolute Gasteiger partial charge is 0.243 e. The monoisotopic (exact) mass is 619 g/mol. The zero-order valence-corrected chi connectivity index (χ0v) is 25.7. The zero-order chi connectivity index (χ0) is 30.0. The van der Waals surface area contributed by atoms with E-state index in [4.69, 9.17) is 27.9 Å². The lowest BCUT2D eigenvalue weighted by molar-refractivity contribution is -0.141. The molecule has 0 saturated heterocycles. The lowest BCUT2D eigenvalue weighted by Crippen LogP contribution is -2.50. The molecule has 3 rings (SSSR count). The van der Waals surface area contributed by atoms with Crippen LogP contribution in [-0.2, 0) is 32.6 Å². The number of hydrogen-bond donors (Lipinski definition) is 1. The Labute approximate surface area is 252 Å². The number of rotatable bonds is 14. The molecule has 0 spiro atoms. The number of ether oxygens (including phenoxy) is 1. The summed E-state index contributed by atoms with van der Waals surface area (Å²) in [6.07, 6.45) is 1.64. The highest BCUT2D eigenvalue weighted by molar-refractivity contribution is 7.92. The zero-order valence-electron chi connectivity index (χ0n) is 23.3. The van der Waals surface area contributed by atoms with Crippen molar-refractivity contribution >= 4 is 50.7 Å². The van der Waals surface area contributed by atoms with Crippen LogP contribution in [-0.4, -0.2) is 57.6 Å². The Bertz CT molecular complexity index is 1440. The van der Waals surface area contributed by atoms with Crippen LogP contribution in [0.1, 0.15) is 30.9 Å². The third-order valence-electron chi connectivity index (χ3n) is 6.47. The second-order valence-corrected chi connectivity index (χ2v) is 12.2. The van der Waals surface area contributed by atoms with Crippen molar-refractivity contribution in [2.75, 3.05) is 30.8 Å². The molecule has 0 unspecified atom stereocenters. The van der Waals surface area contributed by atoms with E-state index in [2.05, 4.69) is 5.32 Å². The topological polar surface area (TPSA) is 96.0 Å². The number of carbonyl (C=O) groups excluding carboxylic acids is 2. The fourth-order valence-corrected chi connectivity index (χ4v) is 5.87. The SMILES string of the molecule is CCNC(=O)[C@H](Cc1ccccc1)N(Cc1ccc(Cl)cc1Cl)C(=O)CCCN(c1cccc(OC)c1)S(C)(=O)=O. The van der Waals surface area contributed by atoms with Crippen LogP contribution >= 0.6 is 23.2 Å². The molecule has 41 heavy (non-hydrogen) atoms. The number of carbonyl (C=O) groups is 2. The van der Waals surface area contributed by atoms with E-state index in [-0.39, 0.29) is 37.7 Å². The minimum atomic E-state index is -3.64. The van der Waals surface area contributed by atoms with Gasteiger partial charge in [0.1, 0.15) is 11.8 Å². The molecule has 3 aromatic rings. The summed E-state index contributed by atoms with van der Waals surface area (Å²) < 4.78 is 31.8. The van der Waals surface area contributed by atoms with Gasteiger partial charge in [0, 0.05) is 48.6 Å². The molecule has 11 heteroatoms. The van der Waals surface area contributed by atoms with Crippen molar-refractivity contribution in [3.8, 4) is 5.75 Å². The molecule has 0 aliphatic carbocycles. The molecule has 2 amide bonds. The summed E-state index contributed by atoms with van der Waals surface area (Å²) >= 11 is 12.6. The molecule has 3 aromatic carbocycles. The fraction of sp³-hybridized carbons (Fsp3) is 0.333. The van der Waals surface area contributed by atoms with Crippen molar-refractivity contribution < 1.29 is 22.7 Å². The van der Waals surface area contributed by atoms with E-state index in [9.17, 15) is 18.0 Å². The average Bonchev–Trinajstić information content (AvgIpc) is 2.94. The highest BCUT2D eigenvalue weighted by Gasteiger charge is 2.30. The molecular formula is C30H35Cl2N3O5S. The number of nitrogens with one attached hydrogen (secondary N) is 1. The molecule has 0 fully saturated rings. The predicted molar refractivity (Wildman–Crippen MR) is 164 cm³/mol. The Balaban J connectivity index is 1.89. The van der Waals surface area contributed by atoms with Crippen LogP contribution in [0.15, 0.2) is 72.8 Å². The molecule has 0 aromatic heterocycles. The number of anilines is 1. The standard InChI is InChI=1S/C30H35Cl2N3O5S/c1-4-33-30(37)28(18-22-10-6-5-7-11-22)34(21-23-15-16-24(31)19-27(23)32)29(36)14-9-17-35(41(3,38)39)25-12-8-13-26(20-25)40-2/h5-8,10-13,15-16,19-20,28H,4,9,14,17-18,21H2,1-3H3,(H,33,37)/t28-/m0/s1. The quantitative estimate of drug-likeness (QED) is 0.263. The third-order valence-corrected chi connectivity index (χ3v) is 8.25. The van der Waals surface area contributed by atoms with Crippen LogP contribution in [0.3, 0.4) is 0 Å². The van der Waals surface area contributed by atoms with Crippen LogP contribution < -0.4 is 14.4 Å². The summed E-state index contributed by atoms with van der Waals surface area (Å²) in [5, 5.41) is 3.69. The van der Waals surface area contributed by atoms with Gasteiger partial charge in [0.2, 0.25) is 21.8 Å². The van der Waals surface area contributed by atoms with Crippen molar-refractivity contribution in [2.45, 2.75) is 38.8 Å². The Hall–Kier alpha value is -3.27. The van der Waals surface area contributed by atoms with Gasteiger partial charge in [0.05, 0.1) is 19.1 Å². The second-order valence-electron chi connectivity index (χ2n) is 9.50. The lowest BCUT2D eigenvalue weighted by atomic mass is 10.0. The first kappa shape index (κ1) is 32.2. The van der Waals surface area contributed by atoms with Crippen LogP contribution in [0.2, 0.25) is 10.0 Å². The molecule has 0 saturated carbocycles. The summed E-state index contributed by atoms with van der Waals surface area (Å²) in [5.74, 6) is -0.0739. The number of halogens is 2. The Kier molecular flexibility index (Phi) is 11.9. The summed E-state index contributed by atoms with van der Waals surface area (Å²) in [7, 11) is -2.13. The van der Waals surface area contributed by atoms with Crippen LogP contribution in [0, 0.1) is 0 Å². The molecule has 220 valence electrons. The molecule has 8 nitrogen and oxygen atoms in total. The molecule has 0 bridgehead atoms. The predicted octanol–water partition coefficient (Wildman–Crippen LogP) is 5.32. The molecule has 1 N–H and O–H groups in total. The molecule has 0 aliphatic rings. The number of methoxy groups -OCH3 is 1. The van der Waals surface area contributed by atoms with E-state index >= 15 is 0 Å². The first-order valence-electron chi connectivity index (χ1n) is 13.2. The van der Waals surface area contributed by atoms with Gasteiger partial charge in [-0.3, -0.25) is 13.9 Å². The van der Waals surface area contributed by atoms with Gasteiger partial charge in [0.15, 0.2) is 0 Å². The summed E-state index contributed by atoms with van der Waals surface area (Å²) in [4.78, 5) is 28.7. The van der Waals surface area contributed by atoms with Crippen molar-refractivity contribution in [1.82, 2.24) is 10.2 Å². The molecule has 0 heterocycles. The average molecular weight is 621 g/mol. The van der Waals surface area contributed by atoms with E-state index in [0.717, 1.165) is 11.8 Å². The van der Waals surface area contributed by atoms with Gasteiger partial charge in [-0.2, -0.15) is 0 Å². The van der Waals surface area contributed by atoms with E-state index in [1.165, 1.54) is 16.3 Å². The van der Waals surface area contributed by atoms with E-state index in [1.54, 1.807) is 42.5 Å². The first-order valence-corrected chi connectivity index (χ1v) is 15.8. The molecular weight excluding hydrogens is 585 g/mol. The van der Waals surface area contributed by atoms with Gasteiger partial charge in [0.25, 0.3) is 0 Å². The largest absolute Gasteiger partial charge is 0.497 e. The highest BCUT2D eigenvalue weighted by atomic mass is 35.5. The van der Waals surface area contributed by atoms with Crippen molar-refractivity contribution in [3.05, 3.63) is 94.0 Å². The van der Waals surface area contributed by atoms with Crippen LogP contribution in [0.4, 0.5) is 5.69 Å². The van der Waals surface area contributed by atoms with Crippen molar-refractivity contribution in [3.63, 3.8) is 0 Å². The Morgan fingerprint density at radius 1 is 1.00 bits per heavy atom. The highest BCUT2D eigenvalue weighted by Crippen LogP contribution is 2.26. The maximum Gasteiger partial charge on any atom is 0.243 e. The van der Waals surface area contributed by atoms with Crippen LogP contribution in [0.25, 0.3) is 0 Å². The first-order chi connectivity index (χ1) is 19.5. The van der Waals surface area contributed by atoms with Gasteiger partial charge < -0.3 is 15.0 Å². The number of amides is 2. The molecule has 1 atom stereocenters. The summed E-state index contributed by atoms with van der Waals surface area (Å²) in [6, 6.07) is 20.4. The number of likely N-dealkylation sites (N-methyl/N-ethyl adjacent to an activating group) is 1. The van der Waals surface area contributed by atoms with E-state index in [1.807, 2.05) is 37.3 Å². The molecule has 0 radical (unpaired) electrons. The maximum atomic E-state index is 13.8. The maximum absolute atomic E-state index is 13.8. The minimum Gasteiger partial charge on any atom is -0.497 e. The molecule has 0 aliphatic heterocycles. The normalized spacial score (nSPS) is 11.9. The van der Waals surface area contributed by atoms with E-state index < -0.39 is 16.1 Å². The number of hydrogen-bond acceptors (Lipinski definition) is 5. The van der Waals surface area contributed by atoms with E-state index in [0.29, 0.717) is 40.0 Å². The van der Waals surface area contributed by atoms with Gasteiger partial charge in [-0.1, -0.05) is 65.7 Å². The van der Waals surface area contributed by atoms with Gasteiger partial charge >= 0.3 is 0 Å². The lowest BCUT2D eigenvalue weighted by Gasteiger charge is -2.32. The fourth-order valence-electron chi connectivity index (χ4n) is 4.45. The second kappa shape index (κ2) is 15.1. The van der Waals surface area contributed by atoms with Gasteiger partial charge in [-0.05, 0) is 48.7 Å². The van der Waals surface area contributed by atoms with Crippen molar-refractivity contribution in [1.29, 1.82) is 0 Å². The van der Waals surface area contributed by atoms with Crippen molar-refractivity contribution in [2.24, 2.45) is 0 Å². The third kappa shape index (κ3) is 9.38. The van der Waals surface area contributed by atoms with Gasteiger partial charge in [-0.15, -0.1) is 0 Å². The van der Waals surface area contributed by atoms with Crippen LogP contribution in [0.5, 0.6) is 5.75 Å². The summed E-state index contributed by atoms with van der Waals surface area (Å²) in [5.41, 5.74) is 1.97. The minimum absolute atomic E-state index is 0.00585. The Morgan fingerprint density at radius 3 is 2.37 bits per heavy atom.